The largest absolute Gasteiger partial charge is 0.489 e. The van der Waals surface area contributed by atoms with Crippen LogP contribution in [0.25, 0.3) is 0 Å². The van der Waals surface area contributed by atoms with Crippen LogP contribution in [0.5, 0.6) is 5.75 Å². The molecular weight excluding hydrogens is 360 g/mol. The molecule has 5 heteroatoms. The highest BCUT2D eigenvalue weighted by Gasteiger charge is 2.08. The first-order chi connectivity index (χ1) is 11.0. The van der Waals surface area contributed by atoms with Crippen molar-refractivity contribution in [2.45, 2.75) is 20.5 Å². The smallest absolute Gasteiger partial charge is 0.338 e. The first kappa shape index (κ1) is 17.2. The predicted octanol–water partition coefficient (Wildman–Crippen LogP) is 4.41. The van der Waals surface area contributed by atoms with Crippen LogP contribution in [-0.2, 0) is 11.3 Å². The summed E-state index contributed by atoms with van der Waals surface area (Å²) < 4.78 is 11.4. The number of benzene rings is 2. The lowest BCUT2D eigenvalue weighted by Crippen LogP contribution is -2.05. The summed E-state index contributed by atoms with van der Waals surface area (Å²) in [6.07, 6.45) is 0. The van der Waals surface area contributed by atoms with Crippen LogP contribution < -0.4 is 4.74 Å². The van der Waals surface area contributed by atoms with Gasteiger partial charge >= 0.3 is 5.97 Å². The molecule has 0 aromatic heterocycles. The van der Waals surface area contributed by atoms with Crippen LogP contribution in [0.1, 0.15) is 40.1 Å². The first-order valence-electron chi connectivity index (χ1n) is 7.20. The maximum absolute atomic E-state index is 11.7. The van der Waals surface area contributed by atoms with Crippen molar-refractivity contribution in [2.75, 3.05) is 6.61 Å². The zero-order chi connectivity index (χ0) is 16.8. The quantitative estimate of drug-likeness (QED) is 0.553. The average Bonchev–Trinajstić information content (AvgIpc) is 2.53. The van der Waals surface area contributed by atoms with Crippen molar-refractivity contribution in [3.05, 3.63) is 63.6 Å². The van der Waals surface area contributed by atoms with Gasteiger partial charge in [0, 0.05) is 10.0 Å². The number of ether oxygens (including phenoxy) is 2. The standard InChI is InChI=1S/C18H17BrO4/c1-3-22-18(21)14-6-4-5-13(9-14)11-23-15-7-8-16(12(2)20)17(19)10-15/h4-10H,3,11H2,1-2H3. The lowest BCUT2D eigenvalue weighted by molar-refractivity contribution is 0.0526. The SMILES string of the molecule is CCOC(=O)c1cccc(COc2ccc(C(C)=O)c(Br)c2)c1. The number of Topliss-reactive ketones (excluding diaryl/α,β-unsaturated/α-hetero) is 1. The van der Waals surface area contributed by atoms with Crippen molar-refractivity contribution in [3.8, 4) is 5.75 Å². The Kier molecular flexibility index (Phi) is 5.93. The monoisotopic (exact) mass is 376 g/mol. The Morgan fingerprint density at radius 3 is 2.57 bits per heavy atom. The second kappa shape index (κ2) is 7.92. The molecule has 0 aliphatic heterocycles. The van der Waals surface area contributed by atoms with E-state index in [1.807, 2.05) is 6.07 Å². The molecule has 23 heavy (non-hydrogen) atoms. The third kappa shape index (κ3) is 4.66. The molecule has 0 atom stereocenters. The molecule has 0 saturated heterocycles. The highest BCUT2D eigenvalue weighted by atomic mass is 79.9. The van der Waals surface area contributed by atoms with Gasteiger partial charge < -0.3 is 9.47 Å². The fraction of sp³-hybridized carbons (Fsp3) is 0.222. The Hall–Kier alpha value is -2.14. The Balaban J connectivity index is 2.06. The molecule has 0 bridgehead atoms. The Bertz CT molecular complexity index is 725. The number of esters is 1. The van der Waals surface area contributed by atoms with Crippen LogP contribution >= 0.6 is 15.9 Å². The molecule has 0 unspecified atom stereocenters. The fourth-order valence-corrected chi connectivity index (χ4v) is 2.68. The topological polar surface area (TPSA) is 52.6 Å². The van der Waals surface area contributed by atoms with Crippen LogP contribution in [-0.4, -0.2) is 18.4 Å². The molecule has 0 radical (unpaired) electrons. The number of hydrogen-bond donors (Lipinski definition) is 0. The number of carbonyl (C=O) groups excluding carboxylic acids is 2. The van der Waals surface area contributed by atoms with Crippen molar-refractivity contribution in [3.63, 3.8) is 0 Å². The molecule has 4 nitrogen and oxygen atoms in total. The summed E-state index contributed by atoms with van der Waals surface area (Å²) in [5, 5.41) is 0. The van der Waals surface area contributed by atoms with E-state index in [9.17, 15) is 9.59 Å². The second-order valence-electron chi connectivity index (χ2n) is 4.91. The van der Waals surface area contributed by atoms with Gasteiger partial charge in [-0.1, -0.05) is 12.1 Å². The zero-order valence-electron chi connectivity index (χ0n) is 13.0. The van der Waals surface area contributed by atoms with Gasteiger partial charge in [-0.3, -0.25) is 4.79 Å². The summed E-state index contributed by atoms with van der Waals surface area (Å²) in [6.45, 7) is 3.95. The maximum Gasteiger partial charge on any atom is 0.338 e. The fourth-order valence-electron chi connectivity index (χ4n) is 2.04. The molecule has 0 N–H and O–H groups in total. The molecule has 0 aliphatic carbocycles. The lowest BCUT2D eigenvalue weighted by Gasteiger charge is -2.09. The Labute approximate surface area is 143 Å². The van der Waals surface area contributed by atoms with Gasteiger partial charge in [0.15, 0.2) is 5.78 Å². The molecule has 2 aromatic carbocycles. The summed E-state index contributed by atoms with van der Waals surface area (Å²) in [5.41, 5.74) is 1.98. The minimum atomic E-state index is -0.345. The summed E-state index contributed by atoms with van der Waals surface area (Å²) in [6, 6.07) is 12.3. The molecule has 0 saturated carbocycles. The minimum absolute atomic E-state index is 0.00874. The molecule has 2 rings (SSSR count). The summed E-state index contributed by atoms with van der Waals surface area (Å²) in [4.78, 5) is 23.1. The van der Waals surface area contributed by atoms with Gasteiger partial charge in [-0.25, -0.2) is 4.79 Å². The zero-order valence-corrected chi connectivity index (χ0v) is 14.6. The van der Waals surface area contributed by atoms with E-state index >= 15 is 0 Å². The van der Waals surface area contributed by atoms with Crippen LogP contribution in [0.15, 0.2) is 46.9 Å². The average molecular weight is 377 g/mol. The number of hydrogen-bond acceptors (Lipinski definition) is 4. The summed E-state index contributed by atoms with van der Waals surface area (Å²) in [7, 11) is 0. The third-order valence-electron chi connectivity index (χ3n) is 3.16. The van der Waals surface area contributed by atoms with E-state index in [0.717, 1.165) is 5.56 Å². The van der Waals surface area contributed by atoms with Gasteiger partial charge in [0.05, 0.1) is 12.2 Å². The van der Waals surface area contributed by atoms with Crippen molar-refractivity contribution < 1.29 is 19.1 Å². The van der Waals surface area contributed by atoms with Crippen LogP contribution in [0, 0.1) is 0 Å². The van der Waals surface area contributed by atoms with Crippen LogP contribution in [0.4, 0.5) is 0 Å². The molecule has 0 fully saturated rings. The van der Waals surface area contributed by atoms with Crippen LogP contribution in [0.2, 0.25) is 0 Å². The highest BCUT2D eigenvalue weighted by Crippen LogP contribution is 2.24. The predicted molar refractivity (Wildman–Crippen MR) is 90.9 cm³/mol. The van der Waals surface area contributed by atoms with Crippen molar-refractivity contribution >= 4 is 27.7 Å². The van der Waals surface area contributed by atoms with E-state index in [4.69, 9.17) is 9.47 Å². The first-order valence-corrected chi connectivity index (χ1v) is 8.00. The Morgan fingerprint density at radius 2 is 1.91 bits per heavy atom. The molecule has 120 valence electrons. The van der Waals surface area contributed by atoms with Crippen LogP contribution in [0.3, 0.4) is 0 Å². The normalized spacial score (nSPS) is 10.2. The van der Waals surface area contributed by atoms with Gasteiger partial charge in [-0.2, -0.15) is 0 Å². The van der Waals surface area contributed by atoms with E-state index in [-0.39, 0.29) is 11.8 Å². The van der Waals surface area contributed by atoms with E-state index in [1.54, 1.807) is 43.3 Å². The van der Waals surface area contributed by atoms with Gasteiger partial charge in [0.1, 0.15) is 12.4 Å². The van der Waals surface area contributed by atoms with Gasteiger partial charge in [0.2, 0.25) is 0 Å². The number of rotatable bonds is 6. The second-order valence-corrected chi connectivity index (χ2v) is 5.76. The maximum atomic E-state index is 11.7. The molecule has 0 amide bonds. The van der Waals surface area contributed by atoms with Gasteiger partial charge in [-0.05, 0) is 65.7 Å². The lowest BCUT2D eigenvalue weighted by atomic mass is 10.1. The molecule has 0 aliphatic rings. The molecule has 0 heterocycles. The van der Waals surface area contributed by atoms with E-state index in [2.05, 4.69) is 15.9 Å². The Morgan fingerprint density at radius 1 is 1.13 bits per heavy atom. The van der Waals surface area contributed by atoms with Crippen molar-refractivity contribution in [2.24, 2.45) is 0 Å². The number of ketones is 1. The van der Waals surface area contributed by atoms with Gasteiger partial charge in [0.25, 0.3) is 0 Å². The van der Waals surface area contributed by atoms with E-state index in [0.29, 0.717) is 34.6 Å². The molecular formula is C18H17BrO4. The summed E-state index contributed by atoms with van der Waals surface area (Å²) >= 11 is 3.36. The van der Waals surface area contributed by atoms with Crippen molar-refractivity contribution in [1.82, 2.24) is 0 Å². The summed E-state index contributed by atoms with van der Waals surface area (Å²) in [5.74, 6) is 0.289. The third-order valence-corrected chi connectivity index (χ3v) is 3.82. The van der Waals surface area contributed by atoms with Crippen molar-refractivity contribution in [1.29, 1.82) is 0 Å². The minimum Gasteiger partial charge on any atom is -0.489 e. The van der Waals surface area contributed by atoms with Gasteiger partial charge in [-0.15, -0.1) is 0 Å². The van der Waals surface area contributed by atoms with E-state index < -0.39 is 0 Å². The number of carbonyl (C=O) groups is 2. The van der Waals surface area contributed by atoms with E-state index in [1.165, 1.54) is 6.92 Å². The molecule has 2 aromatic rings. The molecule has 0 spiro atoms. The number of halogens is 1. The highest BCUT2D eigenvalue weighted by molar-refractivity contribution is 9.10.